The average Bonchev–Trinajstić information content (AvgIpc) is 2.69. The monoisotopic (exact) mass is 313 g/mol. The number of halogens is 1. The number of thioether (sulfide) groups is 1. The van der Waals surface area contributed by atoms with Crippen LogP contribution in [0.5, 0.6) is 5.75 Å². The second-order valence-corrected chi connectivity index (χ2v) is 5.07. The first-order valence-electron chi connectivity index (χ1n) is 4.67. The number of nitrogens with one attached hydrogen (secondary N) is 1. The van der Waals surface area contributed by atoms with Crippen LogP contribution in [0.2, 0.25) is 0 Å². The molecule has 0 saturated carbocycles. The molecule has 1 amide bonds. The normalized spacial score (nSPS) is 17.9. The number of phenolic OH excluding ortho intramolecular Hbond substituents is 1. The van der Waals surface area contributed by atoms with Crippen LogP contribution in [-0.2, 0) is 4.79 Å². The van der Waals surface area contributed by atoms with Crippen molar-refractivity contribution < 1.29 is 9.90 Å². The van der Waals surface area contributed by atoms with Crippen LogP contribution in [0, 0.1) is 0 Å². The molecule has 0 aromatic heterocycles. The van der Waals surface area contributed by atoms with Crippen molar-refractivity contribution in [1.29, 1.82) is 0 Å². The van der Waals surface area contributed by atoms with Gasteiger partial charge in [0.25, 0.3) is 0 Å². The Labute approximate surface area is 110 Å². The van der Waals surface area contributed by atoms with Crippen LogP contribution < -0.4 is 5.32 Å². The lowest BCUT2D eigenvalue weighted by molar-refractivity contribution is -0.116. The van der Waals surface area contributed by atoms with Gasteiger partial charge in [0.15, 0.2) is 5.17 Å². The third-order valence-electron chi connectivity index (χ3n) is 1.92. The Kier molecular flexibility index (Phi) is 3.80. The molecule has 0 unspecified atom stereocenters. The van der Waals surface area contributed by atoms with Crippen molar-refractivity contribution in [3.63, 3.8) is 0 Å². The van der Waals surface area contributed by atoms with E-state index in [1.54, 1.807) is 18.2 Å². The number of phenols is 1. The van der Waals surface area contributed by atoms with Crippen LogP contribution in [0.3, 0.4) is 0 Å². The zero-order valence-electron chi connectivity index (χ0n) is 8.55. The Morgan fingerprint density at radius 1 is 1.53 bits per heavy atom. The standard InChI is InChI=1S/C10H8BrN3O2S/c11-7-1-2-8(15)6(3-7)4-12-14-10-13-9(16)5-17-10/h1-4,15H,5H2,(H,13,14,16)/b12-4-. The number of carbonyl (C=O) groups excluding carboxylic acids is 1. The van der Waals surface area contributed by atoms with Crippen LogP contribution in [0.15, 0.2) is 32.9 Å². The van der Waals surface area contributed by atoms with E-state index in [-0.39, 0.29) is 11.7 Å². The fraction of sp³-hybridized carbons (Fsp3) is 0.100. The number of hydrogen-bond donors (Lipinski definition) is 2. The lowest BCUT2D eigenvalue weighted by Gasteiger charge is -1.97. The number of amides is 1. The number of amidine groups is 1. The lowest BCUT2D eigenvalue weighted by atomic mass is 10.2. The van der Waals surface area contributed by atoms with Crippen molar-refractivity contribution in [1.82, 2.24) is 5.32 Å². The van der Waals surface area contributed by atoms with Crippen LogP contribution in [0.1, 0.15) is 5.56 Å². The molecule has 1 saturated heterocycles. The van der Waals surface area contributed by atoms with E-state index in [0.717, 1.165) is 4.47 Å². The molecular formula is C10H8BrN3O2S. The summed E-state index contributed by atoms with van der Waals surface area (Å²) in [7, 11) is 0. The summed E-state index contributed by atoms with van der Waals surface area (Å²) in [5, 5.41) is 20.2. The highest BCUT2D eigenvalue weighted by molar-refractivity contribution is 9.10. The predicted octanol–water partition coefficient (Wildman–Crippen LogP) is 1.71. The zero-order chi connectivity index (χ0) is 12.3. The van der Waals surface area contributed by atoms with E-state index < -0.39 is 0 Å². The minimum absolute atomic E-state index is 0.0748. The predicted molar refractivity (Wildman–Crippen MR) is 71.4 cm³/mol. The van der Waals surface area contributed by atoms with E-state index in [9.17, 15) is 9.90 Å². The minimum atomic E-state index is -0.0748. The molecule has 2 rings (SSSR count). The highest BCUT2D eigenvalue weighted by atomic mass is 79.9. The van der Waals surface area contributed by atoms with Crippen molar-refractivity contribution in [2.24, 2.45) is 10.2 Å². The maximum Gasteiger partial charge on any atom is 0.236 e. The molecule has 5 nitrogen and oxygen atoms in total. The fourth-order valence-electron chi connectivity index (χ4n) is 1.15. The van der Waals surface area contributed by atoms with Gasteiger partial charge in [0.2, 0.25) is 5.91 Å². The van der Waals surface area contributed by atoms with Gasteiger partial charge in [-0.3, -0.25) is 4.79 Å². The van der Waals surface area contributed by atoms with Gasteiger partial charge in [-0.15, -0.1) is 5.10 Å². The highest BCUT2D eigenvalue weighted by Gasteiger charge is 2.15. The first kappa shape index (κ1) is 12.1. The maximum absolute atomic E-state index is 10.9. The summed E-state index contributed by atoms with van der Waals surface area (Å²) in [6.45, 7) is 0. The van der Waals surface area contributed by atoms with E-state index in [4.69, 9.17) is 0 Å². The molecule has 0 atom stereocenters. The second kappa shape index (κ2) is 5.33. The number of hydrogen-bond acceptors (Lipinski definition) is 5. The molecule has 0 bridgehead atoms. The molecule has 7 heteroatoms. The Balaban J connectivity index is 2.10. The van der Waals surface area contributed by atoms with Crippen LogP contribution in [-0.4, -0.2) is 28.1 Å². The van der Waals surface area contributed by atoms with Crippen molar-refractivity contribution in [2.75, 3.05) is 5.75 Å². The topological polar surface area (TPSA) is 74.0 Å². The fourth-order valence-corrected chi connectivity index (χ4v) is 2.16. The van der Waals surface area contributed by atoms with Crippen molar-refractivity contribution >= 4 is 45.0 Å². The van der Waals surface area contributed by atoms with E-state index in [1.807, 2.05) is 0 Å². The molecule has 1 aromatic carbocycles. The Hall–Kier alpha value is -1.34. The van der Waals surface area contributed by atoms with E-state index >= 15 is 0 Å². The number of carbonyl (C=O) groups is 1. The van der Waals surface area contributed by atoms with E-state index in [0.29, 0.717) is 16.5 Å². The first-order chi connectivity index (χ1) is 8.15. The van der Waals surface area contributed by atoms with Gasteiger partial charge in [0.1, 0.15) is 5.75 Å². The molecule has 0 radical (unpaired) electrons. The highest BCUT2D eigenvalue weighted by Crippen LogP contribution is 2.20. The van der Waals surface area contributed by atoms with Crippen LogP contribution >= 0.6 is 27.7 Å². The molecule has 0 spiro atoms. The number of rotatable bonds is 2. The Morgan fingerprint density at radius 3 is 3.06 bits per heavy atom. The van der Waals surface area contributed by atoms with Crippen molar-refractivity contribution in [3.05, 3.63) is 28.2 Å². The third-order valence-corrected chi connectivity index (χ3v) is 3.28. The minimum Gasteiger partial charge on any atom is -0.507 e. The van der Waals surface area contributed by atoms with Gasteiger partial charge in [0.05, 0.1) is 12.0 Å². The van der Waals surface area contributed by atoms with Gasteiger partial charge >= 0.3 is 0 Å². The summed E-state index contributed by atoms with van der Waals surface area (Å²) >= 11 is 4.59. The van der Waals surface area contributed by atoms with Crippen LogP contribution in [0.25, 0.3) is 0 Å². The molecule has 0 aliphatic carbocycles. The smallest absolute Gasteiger partial charge is 0.236 e. The van der Waals surface area contributed by atoms with Crippen LogP contribution in [0.4, 0.5) is 0 Å². The maximum atomic E-state index is 10.9. The molecule has 1 aliphatic rings. The lowest BCUT2D eigenvalue weighted by Crippen LogP contribution is -2.19. The summed E-state index contributed by atoms with van der Waals surface area (Å²) in [5.74, 6) is 0.422. The average molecular weight is 314 g/mol. The Morgan fingerprint density at radius 2 is 2.35 bits per heavy atom. The molecule has 88 valence electrons. The van der Waals surface area contributed by atoms with Gasteiger partial charge < -0.3 is 10.4 Å². The summed E-state index contributed by atoms with van der Waals surface area (Å²) in [6.07, 6.45) is 1.43. The quantitative estimate of drug-likeness (QED) is 0.645. The van der Waals surface area contributed by atoms with E-state index in [1.165, 1.54) is 18.0 Å². The molecular weight excluding hydrogens is 306 g/mol. The molecule has 1 fully saturated rings. The number of benzene rings is 1. The third kappa shape index (κ3) is 3.31. The molecule has 17 heavy (non-hydrogen) atoms. The van der Waals surface area contributed by atoms with Gasteiger partial charge in [0, 0.05) is 10.0 Å². The van der Waals surface area contributed by atoms with Gasteiger partial charge in [-0.1, -0.05) is 27.7 Å². The molecule has 1 heterocycles. The summed E-state index contributed by atoms with van der Waals surface area (Å²) in [5.41, 5.74) is 0.554. The second-order valence-electron chi connectivity index (χ2n) is 3.19. The SMILES string of the molecule is O=C1CSC(=N/N=C\c2cc(Br)ccc2O)N1. The molecule has 2 N–H and O–H groups in total. The van der Waals surface area contributed by atoms with Crippen molar-refractivity contribution in [3.8, 4) is 5.75 Å². The number of aromatic hydroxyl groups is 1. The summed E-state index contributed by atoms with van der Waals surface area (Å²) < 4.78 is 0.841. The van der Waals surface area contributed by atoms with Gasteiger partial charge in [-0.05, 0) is 18.2 Å². The summed E-state index contributed by atoms with van der Waals surface area (Å²) in [6, 6.07) is 5.01. The van der Waals surface area contributed by atoms with Crippen molar-refractivity contribution in [2.45, 2.75) is 0 Å². The van der Waals surface area contributed by atoms with Gasteiger partial charge in [-0.25, -0.2) is 0 Å². The summed E-state index contributed by atoms with van der Waals surface area (Å²) in [4.78, 5) is 10.9. The van der Waals surface area contributed by atoms with Gasteiger partial charge in [-0.2, -0.15) is 5.10 Å². The molecule has 1 aliphatic heterocycles. The first-order valence-corrected chi connectivity index (χ1v) is 6.45. The number of nitrogens with zero attached hydrogens (tertiary/aromatic N) is 2. The largest absolute Gasteiger partial charge is 0.507 e. The zero-order valence-corrected chi connectivity index (χ0v) is 11.0. The Bertz CT molecular complexity index is 516. The molecule has 1 aromatic rings. The van der Waals surface area contributed by atoms with E-state index in [2.05, 4.69) is 31.4 Å².